The van der Waals surface area contributed by atoms with Crippen molar-refractivity contribution in [3.8, 4) is 11.3 Å². The van der Waals surface area contributed by atoms with Gasteiger partial charge in [-0.1, -0.05) is 30.3 Å². The van der Waals surface area contributed by atoms with Gasteiger partial charge in [-0.3, -0.25) is 4.68 Å². The van der Waals surface area contributed by atoms with Crippen LogP contribution < -0.4 is 5.73 Å². The summed E-state index contributed by atoms with van der Waals surface area (Å²) in [6.45, 7) is 4.86. The molecule has 4 rings (SSSR count). The molecule has 2 aromatic heterocycles. The lowest BCUT2D eigenvalue weighted by Crippen LogP contribution is -2.02. The zero-order valence-corrected chi connectivity index (χ0v) is 14.7. The van der Waals surface area contributed by atoms with E-state index in [4.69, 9.17) is 10.7 Å². The second kappa shape index (κ2) is 5.77. The highest BCUT2D eigenvalue weighted by molar-refractivity contribution is 5.92. The SMILES string of the molecule is Cc1cnn(C)c1-c1cc(N)c2nc(C)n(Cc3ccccc3)c2c1. The van der Waals surface area contributed by atoms with Gasteiger partial charge in [-0.05, 0) is 37.1 Å². The molecular weight excluding hydrogens is 310 g/mol. The van der Waals surface area contributed by atoms with E-state index in [1.54, 1.807) is 0 Å². The van der Waals surface area contributed by atoms with E-state index in [-0.39, 0.29) is 0 Å². The van der Waals surface area contributed by atoms with Crippen molar-refractivity contribution in [2.75, 3.05) is 5.73 Å². The Hall–Kier alpha value is -3.08. The van der Waals surface area contributed by atoms with E-state index in [0.29, 0.717) is 5.69 Å². The lowest BCUT2D eigenvalue weighted by molar-refractivity contribution is 0.775. The van der Waals surface area contributed by atoms with Crippen LogP contribution in [-0.4, -0.2) is 19.3 Å². The highest BCUT2D eigenvalue weighted by atomic mass is 15.3. The van der Waals surface area contributed by atoms with Crippen molar-refractivity contribution in [3.05, 3.63) is 65.6 Å². The number of aryl methyl sites for hydroxylation is 3. The molecule has 2 aromatic carbocycles. The predicted octanol–water partition coefficient (Wildman–Crippen LogP) is 3.68. The lowest BCUT2D eigenvalue weighted by atomic mass is 10.1. The molecule has 0 aliphatic rings. The molecule has 126 valence electrons. The topological polar surface area (TPSA) is 61.7 Å². The first kappa shape index (κ1) is 15.4. The number of hydrogen-bond donors (Lipinski definition) is 1. The van der Waals surface area contributed by atoms with E-state index < -0.39 is 0 Å². The Morgan fingerprint density at radius 3 is 2.52 bits per heavy atom. The molecule has 0 atom stereocenters. The number of benzene rings is 2. The Morgan fingerprint density at radius 2 is 1.84 bits per heavy atom. The summed E-state index contributed by atoms with van der Waals surface area (Å²) in [5.41, 5.74) is 13.5. The van der Waals surface area contributed by atoms with E-state index in [0.717, 1.165) is 40.2 Å². The van der Waals surface area contributed by atoms with E-state index in [9.17, 15) is 0 Å². The number of nitrogens with zero attached hydrogens (tertiary/aromatic N) is 4. The molecule has 0 aliphatic heterocycles. The van der Waals surface area contributed by atoms with Crippen molar-refractivity contribution >= 4 is 16.7 Å². The number of anilines is 1. The van der Waals surface area contributed by atoms with Gasteiger partial charge in [-0.2, -0.15) is 5.10 Å². The molecule has 0 fully saturated rings. The van der Waals surface area contributed by atoms with Gasteiger partial charge in [0.2, 0.25) is 0 Å². The van der Waals surface area contributed by atoms with Gasteiger partial charge >= 0.3 is 0 Å². The van der Waals surface area contributed by atoms with Gasteiger partial charge < -0.3 is 10.3 Å². The molecule has 0 aliphatic carbocycles. The van der Waals surface area contributed by atoms with Gasteiger partial charge in [0.1, 0.15) is 11.3 Å². The summed E-state index contributed by atoms with van der Waals surface area (Å²) < 4.78 is 4.11. The largest absolute Gasteiger partial charge is 0.397 e. The number of nitrogens with two attached hydrogens (primary N) is 1. The number of imidazole rings is 1. The summed E-state index contributed by atoms with van der Waals surface area (Å²) in [5, 5.41) is 4.35. The molecule has 25 heavy (non-hydrogen) atoms. The van der Waals surface area contributed by atoms with Crippen molar-refractivity contribution in [1.29, 1.82) is 0 Å². The summed E-state index contributed by atoms with van der Waals surface area (Å²) in [6.07, 6.45) is 1.88. The predicted molar refractivity (Wildman–Crippen MR) is 101 cm³/mol. The van der Waals surface area contributed by atoms with Crippen LogP contribution in [0.15, 0.2) is 48.7 Å². The molecule has 0 spiro atoms. The molecule has 5 heteroatoms. The van der Waals surface area contributed by atoms with E-state index in [2.05, 4.69) is 46.9 Å². The molecule has 0 saturated heterocycles. The van der Waals surface area contributed by atoms with Crippen LogP contribution in [-0.2, 0) is 13.6 Å². The average molecular weight is 331 g/mol. The zero-order chi connectivity index (χ0) is 17.6. The van der Waals surface area contributed by atoms with Crippen LogP contribution in [0.25, 0.3) is 22.3 Å². The molecule has 0 amide bonds. The third-order valence-corrected chi connectivity index (χ3v) is 4.65. The van der Waals surface area contributed by atoms with Gasteiger partial charge in [0.25, 0.3) is 0 Å². The number of hydrogen-bond acceptors (Lipinski definition) is 3. The molecular formula is C20H21N5. The first-order valence-corrected chi connectivity index (χ1v) is 8.34. The fraction of sp³-hybridized carbons (Fsp3) is 0.200. The lowest BCUT2D eigenvalue weighted by Gasteiger charge is -2.10. The smallest absolute Gasteiger partial charge is 0.112 e. The van der Waals surface area contributed by atoms with Gasteiger partial charge in [-0.25, -0.2) is 4.98 Å². The number of fused-ring (bicyclic) bond motifs is 1. The Bertz CT molecular complexity index is 1040. The highest BCUT2D eigenvalue weighted by Crippen LogP contribution is 2.31. The Morgan fingerprint density at radius 1 is 1.08 bits per heavy atom. The first-order chi connectivity index (χ1) is 12.0. The fourth-order valence-corrected chi connectivity index (χ4v) is 3.43. The quantitative estimate of drug-likeness (QED) is 0.583. The van der Waals surface area contributed by atoms with E-state index in [1.807, 2.05) is 37.0 Å². The average Bonchev–Trinajstić information content (AvgIpc) is 3.09. The van der Waals surface area contributed by atoms with E-state index >= 15 is 0 Å². The normalized spacial score (nSPS) is 11.3. The van der Waals surface area contributed by atoms with Crippen LogP contribution in [0, 0.1) is 13.8 Å². The molecule has 0 saturated carbocycles. The molecule has 0 unspecified atom stereocenters. The van der Waals surface area contributed by atoms with Gasteiger partial charge in [0, 0.05) is 19.2 Å². The Labute approximate surface area is 146 Å². The van der Waals surface area contributed by atoms with Gasteiger partial charge in [0.15, 0.2) is 0 Å². The third-order valence-electron chi connectivity index (χ3n) is 4.65. The maximum Gasteiger partial charge on any atom is 0.112 e. The molecule has 2 N–H and O–H groups in total. The van der Waals surface area contributed by atoms with Crippen molar-refractivity contribution < 1.29 is 0 Å². The Kier molecular flexibility index (Phi) is 3.57. The highest BCUT2D eigenvalue weighted by Gasteiger charge is 2.15. The minimum absolute atomic E-state index is 0.697. The Balaban J connectivity index is 1.91. The van der Waals surface area contributed by atoms with Crippen LogP contribution in [0.4, 0.5) is 5.69 Å². The summed E-state index contributed by atoms with van der Waals surface area (Å²) in [4.78, 5) is 4.69. The summed E-state index contributed by atoms with van der Waals surface area (Å²) >= 11 is 0. The standard InChI is InChI=1S/C20H21N5/c1-13-11-22-24(3)20(13)16-9-17(21)19-18(10-16)25(14(2)23-19)12-15-7-5-4-6-8-15/h4-11H,12,21H2,1-3H3. The van der Waals surface area contributed by atoms with Crippen molar-refractivity contribution in [3.63, 3.8) is 0 Å². The van der Waals surface area contributed by atoms with Crippen LogP contribution >= 0.6 is 0 Å². The summed E-state index contributed by atoms with van der Waals surface area (Å²) in [5.74, 6) is 0.962. The number of aromatic nitrogens is 4. The van der Waals surface area contributed by atoms with E-state index in [1.165, 1.54) is 5.56 Å². The maximum absolute atomic E-state index is 6.33. The number of rotatable bonds is 3. The minimum Gasteiger partial charge on any atom is -0.397 e. The zero-order valence-electron chi connectivity index (χ0n) is 14.7. The summed E-state index contributed by atoms with van der Waals surface area (Å²) in [7, 11) is 1.95. The molecule has 5 nitrogen and oxygen atoms in total. The monoisotopic (exact) mass is 331 g/mol. The second-order valence-electron chi connectivity index (χ2n) is 6.46. The maximum atomic E-state index is 6.33. The van der Waals surface area contributed by atoms with Crippen LogP contribution in [0.5, 0.6) is 0 Å². The van der Waals surface area contributed by atoms with Gasteiger partial charge in [0.05, 0.1) is 23.1 Å². The molecule has 0 bridgehead atoms. The van der Waals surface area contributed by atoms with Crippen LogP contribution in [0.3, 0.4) is 0 Å². The van der Waals surface area contributed by atoms with Gasteiger partial charge in [-0.15, -0.1) is 0 Å². The minimum atomic E-state index is 0.697. The van der Waals surface area contributed by atoms with Crippen LogP contribution in [0.1, 0.15) is 17.0 Å². The number of nitrogen functional groups attached to an aromatic ring is 1. The summed E-state index contributed by atoms with van der Waals surface area (Å²) in [6, 6.07) is 14.6. The second-order valence-corrected chi connectivity index (χ2v) is 6.46. The van der Waals surface area contributed by atoms with Crippen molar-refractivity contribution in [2.24, 2.45) is 7.05 Å². The first-order valence-electron chi connectivity index (χ1n) is 8.34. The van der Waals surface area contributed by atoms with Crippen molar-refractivity contribution in [2.45, 2.75) is 20.4 Å². The van der Waals surface area contributed by atoms with Crippen molar-refractivity contribution in [1.82, 2.24) is 19.3 Å². The molecule has 0 radical (unpaired) electrons. The third kappa shape index (κ3) is 2.58. The molecule has 4 aromatic rings. The van der Waals surface area contributed by atoms with Crippen LogP contribution in [0.2, 0.25) is 0 Å². The molecule has 2 heterocycles. The fourth-order valence-electron chi connectivity index (χ4n) is 3.43.